The van der Waals surface area contributed by atoms with Crippen molar-refractivity contribution in [1.82, 2.24) is 9.97 Å². The molecule has 0 aliphatic carbocycles. The monoisotopic (exact) mass is 280 g/mol. The molecule has 7 nitrogen and oxygen atoms in total. The molecule has 1 aromatic rings. The second-order valence-electron chi connectivity index (χ2n) is 5.03. The van der Waals surface area contributed by atoms with Gasteiger partial charge in [0.1, 0.15) is 23.0 Å². The Morgan fingerprint density at radius 1 is 1.30 bits per heavy atom. The number of primary amides is 1. The van der Waals surface area contributed by atoms with Crippen molar-refractivity contribution in [3.05, 3.63) is 11.4 Å². The maximum absolute atomic E-state index is 11.6. The zero-order valence-electron chi connectivity index (χ0n) is 12.6. The van der Waals surface area contributed by atoms with Crippen molar-refractivity contribution in [2.75, 3.05) is 10.7 Å². The van der Waals surface area contributed by atoms with Crippen molar-refractivity contribution in [3.63, 3.8) is 0 Å². The molecule has 6 N–H and O–H groups in total. The number of carbonyl (C=O) groups excluding carboxylic acids is 1. The fourth-order valence-electron chi connectivity index (χ4n) is 1.75. The number of aromatic nitrogens is 2. The van der Waals surface area contributed by atoms with Crippen LogP contribution in [0.4, 0.5) is 11.6 Å². The van der Waals surface area contributed by atoms with Crippen molar-refractivity contribution in [2.45, 2.75) is 52.5 Å². The summed E-state index contributed by atoms with van der Waals surface area (Å²) in [6.45, 7) is 7.53. The fraction of sp³-hybridized carbons (Fsp3) is 0.615. The Bertz CT molecular complexity index is 490. The molecular formula is C13H24N6O. The van der Waals surface area contributed by atoms with Crippen molar-refractivity contribution >= 4 is 17.5 Å². The second kappa shape index (κ2) is 6.51. The number of nitrogens with zero attached hydrogens (tertiary/aromatic N) is 2. The van der Waals surface area contributed by atoms with Gasteiger partial charge in [-0.05, 0) is 26.7 Å². The van der Waals surface area contributed by atoms with Gasteiger partial charge in [0.05, 0.1) is 0 Å². The lowest BCUT2D eigenvalue weighted by molar-refractivity contribution is -0.121. The average Bonchev–Trinajstić information content (AvgIpc) is 2.42. The van der Waals surface area contributed by atoms with Crippen molar-refractivity contribution < 1.29 is 4.79 Å². The van der Waals surface area contributed by atoms with E-state index < -0.39 is 11.4 Å². The number of rotatable bonds is 7. The molecular weight excluding hydrogens is 256 g/mol. The SMILES string of the molecule is CCCc1nc(NN)c(C)c(NC(C)(CC)C(N)=O)n1. The third-order valence-corrected chi connectivity index (χ3v) is 3.45. The summed E-state index contributed by atoms with van der Waals surface area (Å²) in [5, 5.41) is 3.13. The molecule has 1 heterocycles. The molecule has 0 aliphatic rings. The van der Waals surface area contributed by atoms with E-state index in [-0.39, 0.29) is 0 Å². The minimum absolute atomic E-state index is 0.419. The molecule has 0 radical (unpaired) electrons. The molecule has 1 aromatic heterocycles. The van der Waals surface area contributed by atoms with Crippen LogP contribution in [-0.4, -0.2) is 21.4 Å². The summed E-state index contributed by atoms with van der Waals surface area (Å²) in [5.74, 6) is 6.87. The van der Waals surface area contributed by atoms with Gasteiger partial charge in [-0.15, -0.1) is 0 Å². The van der Waals surface area contributed by atoms with Crippen molar-refractivity contribution in [1.29, 1.82) is 0 Å². The summed E-state index contributed by atoms with van der Waals surface area (Å²) in [5.41, 5.74) is 7.93. The van der Waals surface area contributed by atoms with Crippen LogP contribution in [0.1, 0.15) is 45.0 Å². The lowest BCUT2D eigenvalue weighted by atomic mass is 9.98. The number of anilines is 2. The molecule has 0 aliphatic heterocycles. The van der Waals surface area contributed by atoms with Gasteiger partial charge in [0.25, 0.3) is 0 Å². The number of nitrogens with one attached hydrogen (secondary N) is 2. The van der Waals surface area contributed by atoms with Crippen LogP contribution in [0.5, 0.6) is 0 Å². The van der Waals surface area contributed by atoms with Crippen LogP contribution in [0.15, 0.2) is 0 Å². The average molecular weight is 280 g/mol. The van der Waals surface area contributed by atoms with Gasteiger partial charge in [0.15, 0.2) is 0 Å². The van der Waals surface area contributed by atoms with Gasteiger partial charge in [-0.3, -0.25) is 4.79 Å². The molecule has 1 rings (SSSR count). The first-order valence-electron chi connectivity index (χ1n) is 6.80. The minimum atomic E-state index is -0.853. The van der Waals surface area contributed by atoms with E-state index in [2.05, 4.69) is 20.7 Å². The normalized spacial score (nSPS) is 13.7. The van der Waals surface area contributed by atoms with Crippen LogP contribution in [0.25, 0.3) is 0 Å². The van der Waals surface area contributed by atoms with E-state index in [0.29, 0.717) is 23.9 Å². The second-order valence-corrected chi connectivity index (χ2v) is 5.03. The van der Waals surface area contributed by atoms with Crippen LogP contribution in [0, 0.1) is 6.92 Å². The van der Waals surface area contributed by atoms with E-state index in [9.17, 15) is 4.79 Å². The van der Waals surface area contributed by atoms with Gasteiger partial charge in [-0.2, -0.15) is 0 Å². The maximum atomic E-state index is 11.6. The summed E-state index contributed by atoms with van der Waals surface area (Å²) in [7, 11) is 0. The number of hydrazine groups is 1. The Balaban J connectivity index is 3.22. The molecule has 0 spiro atoms. The summed E-state index contributed by atoms with van der Waals surface area (Å²) in [6, 6.07) is 0. The molecule has 0 saturated heterocycles. The van der Waals surface area contributed by atoms with Gasteiger partial charge in [0.2, 0.25) is 5.91 Å². The molecule has 20 heavy (non-hydrogen) atoms. The van der Waals surface area contributed by atoms with E-state index in [1.165, 1.54) is 0 Å². The predicted octanol–water partition coefficient (Wildman–Crippen LogP) is 1.09. The van der Waals surface area contributed by atoms with E-state index in [1.807, 2.05) is 20.8 Å². The van der Waals surface area contributed by atoms with Crippen LogP contribution in [-0.2, 0) is 11.2 Å². The number of nitrogens with two attached hydrogens (primary N) is 2. The zero-order valence-corrected chi connectivity index (χ0v) is 12.6. The lowest BCUT2D eigenvalue weighted by Crippen LogP contribution is -2.47. The molecule has 1 amide bonds. The van der Waals surface area contributed by atoms with Crippen LogP contribution in [0.2, 0.25) is 0 Å². The van der Waals surface area contributed by atoms with Crippen LogP contribution < -0.4 is 22.3 Å². The number of aryl methyl sites for hydroxylation is 1. The number of amides is 1. The van der Waals surface area contributed by atoms with Crippen LogP contribution >= 0.6 is 0 Å². The first-order valence-corrected chi connectivity index (χ1v) is 6.80. The van der Waals surface area contributed by atoms with Gasteiger partial charge in [-0.25, -0.2) is 15.8 Å². The highest BCUT2D eigenvalue weighted by molar-refractivity contribution is 5.87. The number of hydrogen-bond acceptors (Lipinski definition) is 6. The van der Waals surface area contributed by atoms with Crippen molar-refractivity contribution in [3.8, 4) is 0 Å². The fourth-order valence-corrected chi connectivity index (χ4v) is 1.75. The van der Waals surface area contributed by atoms with E-state index in [1.54, 1.807) is 6.92 Å². The smallest absolute Gasteiger partial charge is 0.242 e. The predicted molar refractivity (Wildman–Crippen MR) is 80.1 cm³/mol. The van der Waals surface area contributed by atoms with Gasteiger partial charge < -0.3 is 16.5 Å². The highest BCUT2D eigenvalue weighted by Gasteiger charge is 2.30. The standard InChI is InChI=1S/C13H24N6O/c1-5-7-9-16-10(8(3)11(17-9)19-15)18-13(4,6-2)12(14)20/h5-7,15H2,1-4H3,(H2,14,20)(H2,16,17,18,19). The third kappa shape index (κ3) is 3.36. The van der Waals surface area contributed by atoms with E-state index in [4.69, 9.17) is 11.6 Å². The highest BCUT2D eigenvalue weighted by atomic mass is 16.1. The number of hydrogen-bond donors (Lipinski definition) is 4. The minimum Gasteiger partial charge on any atom is -0.368 e. The molecule has 1 unspecified atom stereocenters. The summed E-state index contributed by atoms with van der Waals surface area (Å²) < 4.78 is 0. The Labute approximate surface area is 119 Å². The number of carbonyl (C=O) groups is 1. The van der Waals surface area contributed by atoms with Gasteiger partial charge in [-0.1, -0.05) is 13.8 Å². The molecule has 112 valence electrons. The first kappa shape index (κ1) is 16.2. The lowest BCUT2D eigenvalue weighted by Gasteiger charge is -2.27. The highest BCUT2D eigenvalue weighted by Crippen LogP contribution is 2.24. The Morgan fingerprint density at radius 3 is 2.35 bits per heavy atom. The van der Waals surface area contributed by atoms with Gasteiger partial charge in [0, 0.05) is 12.0 Å². The van der Waals surface area contributed by atoms with Gasteiger partial charge >= 0.3 is 0 Å². The molecule has 0 bridgehead atoms. The molecule has 1 atom stereocenters. The maximum Gasteiger partial charge on any atom is 0.242 e. The van der Waals surface area contributed by atoms with E-state index >= 15 is 0 Å². The molecule has 0 saturated carbocycles. The first-order chi connectivity index (χ1) is 9.37. The quantitative estimate of drug-likeness (QED) is 0.438. The zero-order chi connectivity index (χ0) is 15.3. The van der Waals surface area contributed by atoms with Crippen molar-refractivity contribution in [2.24, 2.45) is 11.6 Å². The largest absolute Gasteiger partial charge is 0.368 e. The molecule has 0 fully saturated rings. The van der Waals surface area contributed by atoms with E-state index in [0.717, 1.165) is 18.4 Å². The topological polar surface area (TPSA) is 119 Å². The number of nitrogen functional groups attached to an aromatic ring is 1. The molecule has 0 aromatic carbocycles. The Kier molecular flexibility index (Phi) is 5.26. The van der Waals surface area contributed by atoms with Crippen LogP contribution in [0.3, 0.4) is 0 Å². The molecule has 7 heteroatoms. The Morgan fingerprint density at radius 2 is 1.90 bits per heavy atom. The summed E-state index contributed by atoms with van der Waals surface area (Å²) in [6.07, 6.45) is 2.22. The summed E-state index contributed by atoms with van der Waals surface area (Å²) >= 11 is 0. The third-order valence-electron chi connectivity index (χ3n) is 3.45. The Hall–Kier alpha value is -1.89. The summed E-state index contributed by atoms with van der Waals surface area (Å²) in [4.78, 5) is 20.4.